The first kappa shape index (κ1) is 59.0. The first-order chi connectivity index (χ1) is 35.4. The van der Waals surface area contributed by atoms with Crippen molar-refractivity contribution in [3.63, 3.8) is 0 Å². The van der Waals surface area contributed by atoms with Gasteiger partial charge in [-0.2, -0.15) is 0 Å². The largest absolute Gasteiger partial charge is 0.469 e. The smallest absolute Gasteiger partial charge is 0.339 e. The Balaban J connectivity index is 1.27. The number of hydrogen-bond donors (Lipinski definition) is 0. The summed E-state index contributed by atoms with van der Waals surface area (Å²) in [5.41, 5.74) is -0.118. The zero-order valence-electron chi connectivity index (χ0n) is 47.1. The van der Waals surface area contributed by atoms with E-state index in [4.69, 9.17) is 56.8 Å². The molecule has 20 nitrogen and oxygen atoms in total. The van der Waals surface area contributed by atoms with E-state index >= 15 is 0 Å². The number of allylic oxidation sites excluding steroid dienone is 2. The summed E-state index contributed by atoms with van der Waals surface area (Å²) in [6, 6.07) is 0. The molecule has 18 atom stereocenters. The molecule has 0 aromatic heterocycles. The SMILES string of the molecule is COC(=O)[C@H]1O[C@@H](O[C@H]2CC[C@]3(C)[C@H]4CC=C5[C@@H]6CC(C)(C)CC[C@]6(C(=O)OC)CC[C@@]5(C)[C@]4(C)CC[C@H]3C2(C)C)[C@H](O[C@@H]2O[C@H](COC(C)=O)[C@H](OC(C)=O)[C@H](OC(C)=O)[C@H]2OC(C)=O)[C@@H](OC(C)=O)[C@@H]1OC(C)=O. The van der Waals surface area contributed by atoms with Crippen LogP contribution in [0.5, 0.6) is 0 Å². The molecule has 5 aliphatic carbocycles. The summed E-state index contributed by atoms with van der Waals surface area (Å²) in [6.45, 7) is 22.2. The van der Waals surface area contributed by atoms with Gasteiger partial charge >= 0.3 is 47.8 Å². The molecule has 76 heavy (non-hydrogen) atoms. The van der Waals surface area contributed by atoms with Crippen molar-refractivity contribution in [2.75, 3.05) is 20.8 Å². The summed E-state index contributed by atoms with van der Waals surface area (Å²) in [6.07, 6.45) is -6.60. The topological polar surface area (TPSA) is 247 Å². The average Bonchev–Trinajstić information content (AvgIpc) is 3.31. The Labute approximate surface area is 446 Å². The summed E-state index contributed by atoms with van der Waals surface area (Å²) in [5, 5.41) is 0. The number of hydrogen-bond acceptors (Lipinski definition) is 20. The zero-order valence-corrected chi connectivity index (χ0v) is 47.1. The van der Waals surface area contributed by atoms with Crippen LogP contribution >= 0.6 is 0 Å². The third kappa shape index (κ3) is 10.8. The van der Waals surface area contributed by atoms with Crippen molar-refractivity contribution >= 4 is 47.8 Å². The lowest BCUT2D eigenvalue weighted by atomic mass is 9.33. The van der Waals surface area contributed by atoms with Gasteiger partial charge in [0, 0.05) is 41.5 Å². The van der Waals surface area contributed by atoms with E-state index in [0.29, 0.717) is 6.42 Å². The number of rotatable bonds is 13. The molecule has 0 radical (unpaired) electrons. The van der Waals surface area contributed by atoms with Gasteiger partial charge in [-0.1, -0.05) is 60.1 Å². The lowest BCUT2D eigenvalue weighted by Gasteiger charge is -2.71. The highest BCUT2D eigenvalue weighted by molar-refractivity contribution is 5.79. The highest BCUT2D eigenvalue weighted by atomic mass is 16.8. The van der Waals surface area contributed by atoms with E-state index < -0.39 is 127 Å². The van der Waals surface area contributed by atoms with Gasteiger partial charge in [-0.15, -0.1) is 0 Å². The molecule has 2 aliphatic heterocycles. The van der Waals surface area contributed by atoms with Crippen LogP contribution in [0.3, 0.4) is 0 Å². The molecule has 6 fully saturated rings. The van der Waals surface area contributed by atoms with Gasteiger partial charge < -0.3 is 56.8 Å². The maximum Gasteiger partial charge on any atom is 0.339 e. The molecule has 0 unspecified atom stereocenters. The van der Waals surface area contributed by atoms with Crippen LogP contribution < -0.4 is 0 Å². The summed E-state index contributed by atoms with van der Waals surface area (Å²) >= 11 is 0. The molecule has 0 aromatic carbocycles. The molecular weight excluding hydrogens is 993 g/mol. The lowest BCUT2D eigenvalue weighted by Crippen LogP contribution is -2.68. The number of carbonyl (C=O) groups excluding carboxylic acids is 8. The van der Waals surface area contributed by atoms with E-state index in [9.17, 15) is 38.4 Å². The monoisotopic (exact) mass is 1070 g/mol. The fourth-order valence-electron chi connectivity index (χ4n) is 15.7. The van der Waals surface area contributed by atoms with Crippen LogP contribution in [0.15, 0.2) is 11.6 Å². The van der Waals surface area contributed by atoms with E-state index in [1.165, 1.54) is 12.7 Å². The summed E-state index contributed by atoms with van der Waals surface area (Å²) < 4.78 is 71.3. The number of carbonyl (C=O) groups is 8. The molecule has 0 amide bonds. The van der Waals surface area contributed by atoms with Crippen LogP contribution in [0.4, 0.5) is 0 Å². The molecule has 0 bridgehead atoms. The standard InChI is InChI=1S/C56H82O20/c1-28(57)67-27-36-40(68-29(2)58)41(69-30(3)59)45(72-33(6)62)48(73-36)76-46-43(71-32(5)61)42(70-31(4)60)44(47(63)65-14)75-49(46)74-39-19-20-53(11)37(52(39,9)10)18-21-55(13)38(53)17-16-34-35-26-51(7,8)22-24-56(35,50(64)66-15)25-23-54(34,55)12/h16,35-46,48-49H,17-27H2,1-15H3/t35-,36+,37-,38+,39-,40-,41-,42-,43-,44-,45+,46+,48-,49+,53-,54+,55+,56-/m0/s1. The Morgan fingerprint density at radius 3 is 1.70 bits per heavy atom. The Bertz CT molecular complexity index is 2310. The summed E-state index contributed by atoms with van der Waals surface area (Å²) in [4.78, 5) is 104. The molecule has 2 heterocycles. The minimum absolute atomic E-state index is 0.0787. The van der Waals surface area contributed by atoms with Gasteiger partial charge in [0.25, 0.3) is 0 Å². The maximum atomic E-state index is 13.9. The highest BCUT2D eigenvalue weighted by Crippen LogP contribution is 2.76. The third-order valence-corrected chi connectivity index (χ3v) is 19.2. The number of ether oxygens (including phenoxy) is 12. The van der Waals surface area contributed by atoms with E-state index in [1.807, 2.05) is 0 Å². The van der Waals surface area contributed by atoms with Crippen molar-refractivity contribution in [1.82, 2.24) is 0 Å². The number of fused-ring (bicyclic) bond motifs is 7. The molecular formula is C56H82O20. The Kier molecular flexibility index (Phi) is 17.0. The molecule has 0 spiro atoms. The van der Waals surface area contributed by atoms with Crippen LogP contribution in [-0.4, -0.2) is 136 Å². The van der Waals surface area contributed by atoms with Crippen molar-refractivity contribution in [2.24, 2.45) is 50.2 Å². The molecule has 426 valence electrons. The van der Waals surface area contributed by atoms with Crippen molar-refractivity contribution in [2.45, 2.75) is 222 Å². The second kappa shape index (κ2) is 21.9. The minimum atomic E-state index is -1.84. The first-order valence-corrected chi connectivity index (χ1v) is 26.9. The van der Waals surface area contributed by atoms with Gasteiger partial charge in [-0.25, -0.2) is 4.79 Å². The van der Waals surface area contributed by atoms with Gasteiger partial charge in [-0.3, -0.25) is 33.6 Å². The van der Waals surface area contributed by atoms with E-state index in [2.05, 4.69) is 54.5 Å². The van der Waals surface area contributed by atoms with Crippen molar-refractivity contribution in [3.8, 4) is 0 Å². The third-order valence-electron chi connectivity index (χ3n) is 19.2. The second-order valence-corrected chi connectivity index (χ2v) is 24.6. The predicted molar refractivity (Wildman–Crippen MR) is 265 cm³/mol. The molecule has 20 heteroatoms. The van der Waals surface area contributed by atoms with Crippen molar-refractivity contribution < 1.29 is 95.2 Å². The Hall–Kier alpha value is -4.66. The normalized spacial score (nSPS) is 41.0. The van der Waals surface area contributed by atoms with Gasteiger partial charge in [-0.05, 0) is 109 Å². The summed E-state index contributed by atoms with van der Waals surface area (Å²) in [7, 11) is 2.63. The van der Waals surface area contributed by atoms with Crippen LogP contribution in [-0.2, 0) is 95.2 Å². The van der Waals surface area contributed by atoms with Crippen LogP contribution in [0.25, 0.3) is 0 Å². The second-order valence-electron chi connectivity index (χ2n) is 24.6. The fourth-order valence-corrected chi connectivity index (χ4v) is 15.7. The molecule has 4 saturated carbocycles. The predicted octanol–water partition coefficient (Wildman–Crippen LogP) is 6.58. The maximum absolute atomic E-state index is 13.9. The van der Waals surface area contributed by atoms with E-state index in [-0.39, 0.29) is 45.4 Å². The van der Waals surface area contributed by atoms with Gasteiger partial charge in [0.1, 0.15) is 12.7 Å². The van der Waals surface area contributed by atoms with Crippen molar-refractivity contribution in [3.05, 3.63) is 11.6 Å². The number of esters is 8. The molecule has 0 N–H and O–H groups in total. The van der Waals surface area contributed by atoms with Gasteiger partial charge in [0.2, 0.25) is 0 Å². The Morgan fingerprint density at radius 2 is 1.12 bits per heavy atom. The van der Waals surface area contributed by atoms with E-state index in [0.717, 1.165) is 106 Å². The fraction of sp³-hybridized carbons (Fsp3) is 0.821. The Morgan fingerprint density at radius 1 is 0.566 bits per heavy atom. The van der Waals surface area contributed by atoms with Crippen molar-refractivity contribution in [1.29, 1.82) is 0 Å². The first-order valence-electron chi connectivity index (χ1n) is 26.9. The van der Waals surface area contributed by atoms with E-state index in [1.54, 1.807) is 0 Å². The molecule has 0 aromatic rings. The van der Waals surface area contributed by atoms with Gasteiger partial charge in [0.15, 0.2) is 55.3 Å². The average molecular weight is 1080 g/mol. The molecule has 2 saturated heterocycles. The lowest BCUT2D eigenvalue weighted by molar-refractivity contribution is -0.375. The van der Waals surface area contributed by atoms with Crippen LogP contribution in [0.1, 0.15) is 154 Å². The van der Waals surface area contributed by atoms with Gasteiger partial charge in [0.05, 0.1) is 25.7 Å². The quantitative estimate of drug-likeness (QED) is 0.0818. The summed E-state index contributed by atoms with van der Waals surface area (Å²) in [5.74, 6) is -5.81. The van der Waals surface area contributed by atoms with Crippen LogP contribution in [0, 0.1) is 50.2 Å². The van der Waals surface area contributed by atoms with Crippen LogP contribution in [0.2, 0.25) is 0 Å². The minimum Gasteiger partial charge on any atom is -0.469 e. The highest BCUT2D eigenvalue weighted by Gasteiger charge is 2.70. The molecule has 7 aliphatic rings. The molecule has 7 rings (SSSR count). The zero-order chi connectivity index (χ0) is 56.2. The number of methoxy groups -OCH3 is 2.